The first kappa shape index (κ1) is 56.1. The molecule has 0 spiro atoms. The molecular formula is H14MgO28S7. The molecule has 0 bridgehead atoms. The van der Waals surface area contributed by atoms with E-state index in [2.05, 4.69) is 0 Å². The minimum absolute atomic E-state index is 0. The number of rotatable bonds is 0. The van der Waals surface area contributed by atoms with Crippen molar-refractivity contribution >= 4 is 95.8 Å². The molecule has 0 aliphatic carbocycles. The molecule has 2 radical (unpaired) electrons. The van der Waals surface area contributed by atoms with E-state index >= 15 is 0 Å². The Morgan fingerprint density at radius 2 is 0.194 bits per heavy atom. The lowest BCUT2D eigenvalue weighted by Gasteiger charge is -1.68. The molecule has 0 rings (SSSR count). The maximum Gasteiger partial charge on any atom is 0.394 e. The zero-order valence-electron chi connectivity index (χ0n) is 15.5. The predicted octanol–water partition coefficient (Wildman–Crippen LogP) is -4.95. The highest BCUT2D eigenvalue weighted by Crippen LogP contribution is 1.61. The van der Waals surface area contributed by atoms with Gasteiger partial charge >= 0.3 is 72.8 Å². The quantitative estimate of drug-likeness (QED) is 0.0826. The van der Waals surface area contributed by atoms with Crippen LogP contribution >= 0.6 is 0 Å². The SMILES string of the molecule is O=S(=O)(O)O.O=S(=O)(O)O.O=S(=O)(O)O.O=S(=O)(O)O.O=S(=O)(O)O.O=S(=O)(O)O.O=S(=O)(O)O.[Mg]. The smallest absolute Gasteiger partial charge is 0.264 e. The van der Waals surface area contributed by atoms with Crippen LogP contribution in [0.1, 0.15) is 0 Å². The van der Waals surface area contributed by atoms with E-state index < -0.39 is 72.8 Å². The van der Waals surface area contributed by atoms with E-state index in [1.807, 2.05) is 0 Å². The van der Waals surface area contributed by atoms with Gasteiger partial charge in [0.25, 0.3) is 0 Å². The Morgan fingerprint density at radius 3 is 0.194 bits per heavy atom. The van der Waals surface area contributed by atoms with Crippen molar-refractivity contribution in [2.24, 2.45) is 0 Å². The van der Waals surface area contributed by atoms with Crippen LogP contribution < -0.4 is 0 Å². The zero-order chi connectivity index (χ0) is 31.5. The largest absolute Gasteiger partial charge is 0.394 e. The van der Waals surface area contributed by atoms with Crippen molar-refractivity contribution in [2.75, 3.05) is 0 Å². The summed E-state index contributed by atoms with van der Waals surface area (Å²) in [7, 11) is -32.7. The lowest BCUT2D eigenvalue weighted by molar-refractivity contribution is 0.378. The third kappa shape index (κ3) is 1770000. The Morgan fingerprint density at radius 1 is 0.194 bits per heavy atom. The second-order valence-electron chi connectivity index (χ2n) is 3.13. The molecule has 0 amide bonds. The summed E-state index contributed by atoms with van der Waals surface area (Å²) in [5.74, 6) is 0. The molecule has 0 saturated heterocycles. The van der Waals surface area contributed by atoms with Gasteiger partial charge in [-0.2, -0.15) is 58.9 Å². The lowest BCUT2D eigenvalue weighted by Crippen LogP contribution is -1.89. The van der Waals surface area contributed by atoms with Crippen LogP contribution in [0.3, 0.4) is 0 Å². The summed E-state index contributed by atoms with van der Waals surface area (Å²) in [5, 5.41) is 0. The van der Waals surface area contributed by atoms with Gasteiger partial charge in [-0.3, -0.25) is 63.7 Å². The predicted molar refractivity (Wildman–Crippen MR) is 105 cm³/mol. The van der Waals surface area contributed by atoms with Crippen molar-refractivity contribution in [2.45, 2.75) is 0 Å². The van der Waals surface area contributed by atoms with Crippen LogP contribution in [0.4, 0.5) is 0 Å². The van der Waals surface area contributed by atoms with Crippen molar-refractivity contribution in [3.8, 4) is 0 Å². The molecule has 28 nitrogen and oxygen atoms in total. The standard InChI is InChI=1S/Mg.7H2O4S/c;7*1-5(2,3)4/h;7*(H2,1,2,3,4). The second-order valence-corrected chi connectivity index (χ2v) is 9.40. The first-order valence-electron chi connectivity index (χ1n) is 4.89. The second kappa shape index (κ2) is 22.8. The normalized spacial score (nSPS) is 11.3. The van der Waals surface area contributed by atoms with Gasteiger partial charge in [-0.15, -0.1) is 0 Å². The van der Waals surface area contributed by atoms with E-state index in [9.17, 15) is 0 Å². The Bertz CT molecular complexity index is 909. The van der Waals surface area contributed by atoms with Gasteiger partial charge in [-0.05, 0) is 0 Å². The van der Waals surface area contributed by atoms with Gasteiger partial charge in [0.1, 0.15) is 0 Å². The lowest BCUT2D eigenvalue weighted by atomic mass is 15.8. The minimum atomic E-state index is -4.67. The van der Waals surface area contributed by atoms with Gasteiger partial charge in [-0.1, -0.05) is 0 Å². The molecule has 36 heavy (non-hydrogen) atoms. The van der Waals surface area contributed by atoms with Crippen molar-refractivity contribution in [3.63, 3.8) is 0 Å². The summed E-state index contributed by atoms with van der Waals surface area (Å²) in [5.41, 5.74) is 0. The number of hydrogen-bond donors (Lipinski definition) is 14. The van der Waals surface area contributed by atoms with Gasteiger partial charge in [0.15, 0.2) is 0 Å². The molecule has 0 aromatic rings. The summed E-state index contributed by atoms with van der Waals surface area (Å²) in [6, 6.07) is 0. The maximum absolute atomic E-state index is 8.74. The third-order valence-electron chi connectivity index (χ3n) is 0. The van der Waals surface area contributed by atoms with E-state index in [1.165, 1.54) is 0 Å². The van der Waals surface area contributed by atoms with Gasteiger partial charge in [0.2, 0.25) is 0 Å². The van der Waals surface area contributed by atoms with Crippen LogP contribution in [-0.2, 0) is 72.8 Å². The Balaban J connectivity index is -0.0000000422. The van der Waals surface area contributed by atoms with Crippen LogP contribution in [0.5, 0.6) is 0 Å². The van der Waals surface area contributed by atoms with E-state index in [4.69, 9.17) is 123 Å². The average Bonchev–Trinajstić information content (AvgIpc) is 2.06. The molecule has 36 heteroatoms. The maximum atomic E-state index is 8.74. The molecule has 0 unspecified atom stereocenters. The molecule has 226 valence electrons. The Hall–Kier alpha value is -0.144. The van der Waals surface area contributed by atoms with Crippen molar-refractivity contribution in [1.29, 1.82) is 0 Å². The molecule has 0 atom stereocenters. The summed E-state index contributed by atoms with van der Waals surface area (Å²) in [4.78, 5) is 0. The van der Waals surface area contributed by atoms with Gasteiger partial charge < -0.3 is 0 Å². The van der Waals surface area contributed by atoms with Crippen LogP contribution in [0.25, 0.3) is 0 Å². The summed E-state index contributed by atoms with van der Waals surface area (Å²) in [6.07, 6.45) is 0. The molecule has 14 N–H and O–H groups in total. The highest BCUT2D eigenvalue weighted by Gasteiger charge is 1.87. The topological polar surface area (TPSA) is 522 Å². The van der Waals surface area contributed by atoms with Crippen LogP contribution in [0.2, 0.25) is 0 Å². The Labute approximate surface area is 217 Å². The van der Waals surface area contributed by atoms with Crippen molar-refractivity contribution < 1.29 is 123 Å². The van der Waals surface area contributed by atoms with Crippen LogP contribution in [0.15, 0.2) is 0 Å². The van der Waals surface area contributed by atoms with E-state index in [0.717, 1.165) is 0 Å². The highest BCUT2D eigenvalue weighted by molar-refractivity contribution is 7.81. The Kier molecular flexibility index (Phi) is 35.6. The number of hydrogen-bond acceptors (Lipinski definition) is 14. The van der Waals surface area contributed by atoms with E-state index in [1.54, 1.807) is 0 Å². The molecule has 0 aliphatic heterocycles. The van der Waals surface area contributed by atoms with Crippen molar-refractivity contribution in [1.82, 2.24) is 0 Å². The van der Waals surface area contributed by atoms with E-state index in [0.29, 0.717) is 0 Å². The van der Waals surface area contributed by atoms with Gasteiger partial charge in [0.05, 0.1) is 0 Å². The average molecular weight is 711 g/mol. The molecule has 0 fully saturated rings. The first-order valence-corrected chi connectivity index (χ1v) is 14.7. The fraction of sp³-hybridized carbons (Fsp3) is 0. The summed E-state index contributed by atoms with van der Waals surface area (Å²) in [6.45, 7) is 0. The third-order valence-corrected chi connectivity index (χ3v) is 0. The first-order chi connectivity index (χ1) is 14.0. The van der Waals surface area contributed by atoms with Gasteiger partial charge in [0, 0.05) is 23.1 Å². The van der Waals surface area contributed by atoms with Crippen LogP contribution in [0, 0.1) is 0 Å². The summed E-state index contributed by atoms with van der Waals surface area (Å²) < 4.78 is 221. The molecule has 0 aromatic carbocycles. The molecule has 0 saturated carbocycles. The zero-order valence-corrected chi connectivity index (χ0v) is 22.7. The molecule has 0 aromatic heterocycles. The molecule has 0 aliphatic rings. The van der Waals surface area contributed by atoms with Crippen LogP contribution in [-0.4, -0.2) is 146 Å². The fourth-order valence-corrected chi connectivity index (χ4v) is 0. The minimum Gasteiger partial charge on any atom is -0.264 e. The molecule has 0 heterocycles. The summed E-state index contributed by atoms with van der Waals surface area (Å²) >= 11 is 0. The monoisotopic (exact) mass is 710 g/mol. The van der Waals surface area contributed by atoms with Gasteiger partial charge in [-0.25, -0.2) is 0 Å². The molecular weight excluding hydrogens is 697 g/mol. The highest BCUT2D eigenvalue weighted by atomic mass is 32.3. The van der Waals surface area contributed by atoms with E-state index in [-0.39, 0.29) is 23.1 Å². The fourth-order valence-electron chi connectivity index (χ4n) is 0. The van der Waals surface area contributed by atoms with Crippen molar-refractivity contribution in [3.05, 3.63) is 0 Å².